The van der Waals surface area contributed by atoms with Gasteiger partial charge < -0.3 is 34.7 Å². The standard InChI is InChI=1S/C22H26FN3O6/c1-3-9-32-10-7-26-16-5-4-13(24-18(28)6-8-27)11-15(16)25-22(26)14-12-17(31-2)20(29)21(30)19(14)23/h4-5,11-12,27,29-30H,3,6-10H2,1-2H3,(H,24,28). The first kappa shape index (κ1) is 23.3. The van der Waals surface area contributed by atoms with Crippen LogP contribution in [0, 0.1) is 5.82 Å². The molecule has 1 amide bonds. The lowest BCUT2D eigenvalue weighted by atomic mass is 10.1. The monoisotopic (exact) mass is 447 g/mol. The second kappa shape index (κ2) is 10.3. The summed E-state index contributed by atoms with van der Waals surface area (Å²) in [6.07, 6.45) is 0.816. The van der Waals surface area contributed by atoms with Crippen molar-refractivity contribution in [2.45, 2.75) is 26.3 Å². The van der Waals surface area contributed by atoms with Crippen molar-refractivity contribution in [2.75, 3.05) is 32.2 Å². The molecule has 3 rings (SSSR count). The molecule has 1 aromatic heterocycles. The van der Waals surface area contributed by atoms with Crippen molar-refractivity contribution in [3.8, 4) is 28.6 Å². The highest BCUT2D eigenvalue weighted by Gasteiger charge is 2.23. The number of methoxy groups -OCH3 is 1. The fourth-order valence-corrected chi connectivity index (χ4v) is 3.30. The molecule has 9 nitrogen and oxygen atoms in total. The Morgan fingerprint density at radius 3 is 2.69 bits per heavy atom. The average molecular weight is 447 g/mol. The van der Waals surface area contributed by atoms with E-state index in [1.807, 2.05) is 6.92 Å². The van der Waals surface area contributed by atoms with Crippen LogP contribution in [-0.2, 0) is 16.1 Å². The van der Waals surface area contributed by atoms with Gasteiger partial charge in [0.2, 0.25) is 11.7 Å². The van der Waals surface area contributed by atoms with Gasteiger partial charge in [0.25, 0.3) is 0 Å². The van der Waals surface area contributed by atoms with Gasteiger partial charge in [0.15, 0.2) is 17.3 Å². The molecule has 0 radical (unpaired) electrons. The van der Waals surface area contributed by atoms with E-state index in [4.69, 9.17) is 14.6 Å². The van der Waals surface area contributed by atoms with Gasteiger partial charge in [-0.2, -0.15) is 0 Å². The summed E-state index contributed by atoms with van der Waals surface area (Å²) in [5, 5.41) is 31.5. The molecule has 0 spiro atoms. The number of halogens is 1. The van der Waals surface area contributed by atoms with Crippen molar-refractivity contribution in [2.24, 2.45) is 0 Å². The lowest BCUT2D eigenvalue weighted by molar-refractivity contribution is -0.116. The van der Waals surface area contributed by atoms with Crippen LogP contribution in [0.2, 0.25) is 0 Å². The Bertz CT molecular complexity index is 1110. The highest BCUT2D eigenvalue weighted by atomic mass is 19.1. The fraction of sp³-hybridized carbons (Fsp3) is 0.364. The number of phenols is 2. The molecule has 0 aliphatic heterocycles. The predicted octanol–water partition coefficient (Wildman–Crippen LogP) is 3.01. The fourth-order valence-electron chi connectivity index (χ4n) is 3.30. The van der Waals surface area contributed by atoms with Crippen LogP contribution in [0.15, 0.2) is 24.3 Å². The average Bonchev–Trinajstić information content (AvgIpc) is 3.13. The largest absolute Gasteiger partial charge is 0.502 e. The highest BCUT2D eigenvalue weighted by Crippen LogP contribution is 2.43. The summed E-state index contributed by atoms with van der Waals surface area (Å²) in [6, 6.07) is 6.30. The summed E-state index contributed by atoms with van der Waals surface area (Å²) in [6.45, 7) is 3.00. The van der Waals surface area contributed by atoms with Crippen LogP contribution >= 0.6 is 0 Å². The third-order valence-electron chi connectivity index (χ3n) is 4.82. The molecule has 0 unspecified atom stereocenters. The summed E-state index contributed by atoms with van der Waals surface area (Å²) < 4.78 is 27.3. The number of fused-ring (bicyclic) bond motifs is 1. The molecule has 0 saturated carbocycles. The molecule has 10 heteroatoms. The van der Waals surface area contributed by atoms with Gasteiger partial charge in [0, 0.05) is 18.8 Å². The Labute approximate surface area is 184 Å². The first-order valence-electron chi connectivity index (χ1n) is 10.2. The number of imidazole rings is 1. The Hall–Kier alpha value is -3.37. The molecule has 3 aromatic rings. The third-order valence-corrected chi connectivity index (χ3v) is 4.82. The topological polar surface area (TPSA) is 126 Å². The number of nitrogens with one attached hydrogen (secondary N) is 1. The Morgan fingerprint density at radius 1 is 1.22 bits per heavy atom. The molecule has 0 bridgehead atoms. The quantitative estimate of drug-likeness (QED) is 0.278. The maximum atomic E-state index is 14.9. The van der Waals surface area contributed by atoms with E-state index < -0.39 is 17.3 Å². The molecule has 2 aromatic carbocycles. The molecule has 0 fully saturated rings. The second-order valence-corrected chi connectivity index (χ2v) is 7.06. The zero-order valence-corrected chi connectivity index (χ0v) is 17.9. The Balaban J connectivity index is 2.11. The minimum atomic E-state index is -1.04. The maximum absolute atomic E-state index is 14.9. The van der Waals surface area contributed by atoms with Gasteiger partial charge in [0.1, 0.15) is 5.82 Å². The van der Waals surface area contributed by atoms with Crippen molar-refractivity contribution >= 4 is 22.6 Å². The third kappa shape index (κ3) is 4.76. The summed E-state index contributed by atoms with van der Waals surface area (Å²) in [7, 11) is 1.29. The van der Waals surface area contributed by atoms with Gasteiger partial charge in [-0.1, -0.05) is 6.92 Å². The van der Waals surface area contributed by atoms with Crippen molar-refractivity contribution in [3.05, 3.63) is 30.1 Å². The molecule has 0 aliphatic carbocycles. The summed E-state index contributed by atoms with van der Waals surface area (Å²) in [4.78, 5) is 16.3. The molecule has 172 valence electrons. The predicted molar refractivity (Wildman–Crippen MR) is 116 cm³/mol. The molecular formula is C22H26FN3O6. The summed E-state index contributed by atoms with van der Waals surface area (Å²) in [5.41, 5.74) is 1.55. The smallest absolute Gasteiger partial charge is 0.226 e. The lowest BCUT2D eigenvalue weighted by Gasteiger charge is -2.13. The number of hydrogen-bond acceptors (Lipinski definition) is 7. The van der Waals surface area contributed by atoms with E-state index in [0.717, 1.165) is 6.42 Å². The van der Waals surface area contributed by atoms with E-state index in [0.29, 0.717) is 36.5 Å². The number of anilines is 1. The second-order valence-electron chi connectivity index (χ2n) is 7.06. The van der Waals surface area contributed by atoms with Crippen molar-refractivity contribution in [1.82, 2.24) is 9.55 Å². The van der Waals surface area contributed by atoms with Gasteiger partial charge in [0.05, 0.1) is 43.3 Å². The molecule has 4 N–H and O–H groups in total. The number of amides is 1. The number of carbonyl (C=O) groups is 1. The van der Waals surface area contributed by atoms with E-state index in [2.05, 4.69) is 10.3 Å². The molecule has 0 saturated heterocycles. The number of aliphatic hydroxyl groups is 1. The lowest BCUT2D eigenvalue weighted by Crippen LogP contribution is -2.12. The number of aromatic hydroxyl groups is 2. The van der Waals surface area contributed by atoms with E-state index in [9.17, 15) is 19.4 Å². The van der Waals surface area contributed by atoms with Gasteiger partial charge >= 0.3 is 0 Å². The van der Waals surface area contributed by atoms with Gasteiger partial charge in [-0.25, -0.2) is 9.37 Å². The number of aromatic nitrogens is 2. The molecule has 1 heterocycles. The maximum Gasteiger partial charge on any atom is 0.226 e. The number of benzene rings is 2. The summed E-state index contributed by atoms with van der Waals surface area (Å²) >= 11 is 0. The van der Waals surface area contributed by atoms with Gasteiger partial charge in [-0.05, 0) is 30.7 Å². The van der Waals surface area contributed by atoms with Crippen LogP contribution in [-0.4, -0.2) is 57.7 Å². The van der Waals surface area contributed by atoms with Crippen LogP contribution < -0.4 is 10.1 Å². The van der Waals surface area contributed by atoms with Crippen molar-refractivity contribution in [1.29, 1.82) is 0 Å². The Kier molecular flexibility index (Phi) is 7.49. The number of carbonyl (C=O) groups excluding carboxylic acids is 1. The minimum Gasteiger partial charge on any atom is -0.502 e. The van der Waals surface area contributed by atoms with Crippen LogP contribution in [0.1, 0.15) is 19.8 Å². The van der Waals surface area contributed by atoms with Crippen molar-refractivity contribution in [3.63, 3.8) is 0 Å². The van der Waals surface area contributed by atoms with E-state index in [1.165, 1.54) is 13.2 Å². The van der Waals surface area contributed by atoms with Crippen LogP contribution in [0.4, 0.5) is 10.1 Å². The zero-order valence-electron chi connectivity index (χ0n) is 17.9. The molecule has 0 atom stereocenters. The normalized spacial score (nSPS) is 11.1. The minimum absolute atomic E-state index is 0.0374. The SMILES string of the molecule is CCCOCCn1c(-c2cc(OC)c(O)c(O)c2F)nc2cc(NC(=O)CCO)ccc21. The first-order chi connectivity index (χ1) is 15.4. The number of aliphatic hydroxyl groups excluding tert-OH is 1. The Morgan fingerprint density at radius 2 is 2.00 bits per heavy atom. The number of rotatable bonds is 10. The number of nitrogens with zero attached hydrogens (tertiary/aromatic N) is 2. The van der Waals surface area contributed by atoms with Gasteiger partial charge in [-0.15, -0.1) is 0 Å². The number of ether oxygens (including phenoxy) is 2. The van der Waals surface area contributed by atoms with Crippen LogP contribution in [0.3, 0.4) is 0 Å². The van der Waals surface area contributed by atoms with E-state index in [-0.39, 0.29) is 36.1 Å². The first-order valence-corrected chi connectivity index (χ1v) is 10.2. The zero-order chi connectivity index (χ0) is 23.3. The number of phenolic OH excluding ortho intramolecular Hbond substituents is 2. The molecular weight excluding hydrogens is 421 g/mol. The van der Waals surface area contributed by atoms with Gasteiger partial charge in [-0.3, -0.25) is 4.79 Å². The van der Waals surface area contributed by atoms with Crippen molar-refractivity contribution < 1.29 is 34.0 Å². The van der Waals surface area contributed by atoms with Crippen LogP contribution in [0.5, 0.6) is 17.2 Å². The van der Waals surface area contributed by atoms with E-state index in [1.54, 1.807) is 22.8 Å². The summed E-state index contributed by atoms with van der Waals surface area (Å²) in [5.74, 6) is -2.92. The number of hydrogen-bond donors (Lipinski definition) is 4. The molecule has 0 aliphatic rings. The molecule has 32 heavy (non-hydrogen) atoms. The highest BCUT2D eigenvalue weighted by molar-refractivity contribution is 5.93. The van der Waals surface area contributed by atoms with Crippen LogP contribution in [0.25, 0.3) is 22.4 Å². The van der Waals surface area contributed by atoms with E-state index >= 15 is 0 Å².